The minimum Gasteiger partial charge on any atom is -0.488 e. The first-order valence-corrected chi connectivity index (χ1v) is 9.24. The molecule has 1 aromatic heterocycles. The number of aromatic nitrogens is 1. The Morgan fingerprint density at radius 2 is 1.89 bits per heavy atom. The van der Waals surface area contributed by atoms with E-state index in [1.807, 2.05) is 19.1 Å². The summed E-state index contributed by atoms with van der Waals surface area (Å²) >= 11 is 1.34. The smallest absolute Gasteiger partial charge is 0.273 e. The zero-order valence-electron chi connectivity index (χ0n) is 14.9. The standard InChI is InChI=1S/C20H18F2N2O2S/c1-3-24(2)20(25)17-12-27-19(23-17)16-6-4-5-7-18(16)26-11-13-8-14(21)10-15(22)9-13/h4-10,12H,3,11H2,1-2H3. The number of carbonyl (C=O) groups is 1. The molecule has 2 aromatic carbocycles. The molecule has 4 nitrogen and oxygen atoms in total. The molecule has 0 bridgehead atoms. The van der Waals surface area contributed by atoms with E-state index in [9.17, 15) is 13.6 Å². The van der Waals surface area contributed by atoms with Gasteiger partial charge < -0.3 is 9.64 Å². The lowest BCUT2D eigenvalue weighted by atomic mass is 10.2. The van der Waals surface area contributed by atoms with Gasteiger partial charge in [0.25, 0.3) is 5.91 Å². The maximum atomic E-state index is 13.3. The van der Waals surface area contributed by atoms with Gasteiger partial charge in [0.2, 0.25) is 0 Å². The molecule has 27 heavy (non-hydrogen) atoms. The summed E-state index contributed by atoms with van der Waals surface area (Å²) in [5.74, 6) is -0.914. The van der Waals surface area contributed by atoms with Crippen LogP contribution in [0.1, 0.15) is 23.0 Å². The molecule has 1 heterocycles. The topological polar surface area (TPSA) is 42.4 Å². The van der Waals surface area contributed by atoms with Crippen molar-refractivity contribution in [3.8, 4) is 16.3 Å². The second kappa shape index (κ2) is 8.26. The van der Waals surface area contributed by atoms with E-state index in [0.29, 0.717) is 28.6 Å². The van der Waals surface area contributed by atoms with E-state index in [4.69, 9.17) is 4.74 Å². The molecule has 0 unspecified atom stereocenters. The van der Waals surface area contributed by atoms with Crippen LogP contribution in [0.4, 0.5) is 8.78 Å². The van der Waals surface area contributed by atoms with E-state index in [1.165, 1.54) is 23.5 Å². The summed E-state index contributed by atoms with van der Waals surface area (Å²) in [5, 5.41) is 2.35. The molecule has 3 aromatic rings. The molecule has 0 saturated heterocycles. The number of hydrogen-bond donors (Lipinski definition) is 0. The number of para-hydroxylation sites is 1. The third-order valence-electron chi connectivity index (χ3n) is 3.98. The highest BCUT2D eigenvalue weighted by atomic mass is 32.1. The first-order chi connectivity index (χ1) is 13.0. The Hall–Kier alpha value is -2.80. The van der Waals surface area contributed by atoms with Gasteiger partial charge in [-0.15, -0.1) is 11.3 Å². The molecule has 0 radical (unpaired) electrons. The molecular formula is C20H18F2N2O2S. The fraction of sp³-hybridized carbons (Fsp3) is 0.200. The van der Waals surface area contributed by atoms with Crippen molar-refractivity contribution in [3.05, 3.63) is 70.7 Å². The zero-order chi connectivity index (χ0) is 19.4. The number of amides is 1. The van der Waals surface area contributed by atoms with Gasteiger partial charge >= 0.3 is 0 Å². The maximum absolute atomic E-state index is 13.3. The van der Waals surface area contributed by atoms with Crippen molar-refractivity contribution in [2.45, 2.75) is 13.5 Å². The van der Waals surface area contributed by atoms with Crippen LogP contribution in [-0.2, 0) is 6.61 Å². The first-order valence-electron chi connectivity index (χ1n) is 8.36. The van der Waals surface area contributed by atoms with E-state index in [0.717, 1.165) is 11.6 Å². The Bertz CT molecular complexity index is 938. The van der Waals surface area contributed by atoms with Gasteiger partial charge in [0.15, 0.2) is 0 Å². The number of carbonyl (C=O) groups excluding carboxylic acids is 1. The lowest BCUT2D eigenvalue weighted by Crippen LogP contribution is -2.26. The van der Waals surface area contributed by atoms with Gasteiger partial charge in [0.1, 0.15) is 34.7 Å². The SMILES string of the molecule is CCN(C)C(=O)c1csc(-c2ccccc2OCc2cc(F)cc(F)c2)n1. The fourth-order valence-electron chi connectivity index (χ4n) is 2.46. The molecule has 1 amide bonds. The quantitative estimate of drug-likeness (QED) is 0.611. The molecule has 0 saturated carbocycles. The van der Waals surface area contributed by atoms with Crippen molar-refractivity contribution < 1.29 is 18.3 Å². The Labute approximate surface area is 160 Å². The Balaban J connectivity index is 1.82. The molecule has 3 rings (SSSR count). The predicted molar refractivity (Wildman–Crippen MR) is 101 cm³/mol. The van der Waals surface area contributed by atoms with E-state index < -0.39 is 11.6 Å². The lowest BCUT2D eigenvalue weighted by molar-refractivity contribution is 0.0797. The van der Waals surface area contributed by atoms with Gasteiger partial charge in [0.05, 0.1) is 5.56 Å². The number of rotatable bonds is 6. The molecule has 0 spiro atoms. The molecule has 0 aliphatic carbocycles. The Kier molecular flexibility index (Phi) is 5.81. The monoisotopic (exact) mass is 388 g/mol. The average Bonchev–Trinajstić information content (AvgIpc) is 3.14. The summed E-state index contributed by atoms with van der Waals surface area (Å²) in [5.41, 5.74) is 1.49. The summed E-state index contributed by atoms with van der Waals surface area (Å²) in [7, 11) is 1.72. The number of benzene rings is 2. The van der Waals surface area contributed by atoms with E-state index >= 15 is 0 Å². The average molecular weight is 388 g/mol. The number of nitrogens with zero attached hydrogens (tertiary/aromatic N) is 2. The van der Waals surface area contributed by atoms with Crippen LogP contribution in [0.5, 0.6) is 5.75 Å². The summed E-state index contributed by atoms with van der Waals surface area (Å²) in [6.45, 7) is 2.50. The summed E-state index contributed by atoms with van der Waals surface area (Å²) < 4.78 is 32.4. The largest absolute Gasteiger partial charge is 0.488 e. The van der Waals surface area contributed by atoms with Gasteiger partial charge in [-0.1, -0.05) is 12.1 Å². The lowest BCUT2D eigenvalue weighted by Gasteiger charge is -2.12. The molecule has 0 atom stereocenters. The highest BCUT2D eigenvalue weighted by molar-refractivity contribution is 7.13. The predicted octanol–water partition coefficient (Wildman–Crippen LogP) is 4.76. The van der Waals surface area contributed by atoms with Crippen molar-refractivity contribution in [2.75, 3.05) is 13.6 Å². The number of halogens is 2. The van der Waals surface area contributed by atoms with Gasteiger partial charge in [-0.2, -0.15) is 0 Å². The van der Waals surface area contributed by atoms with Gasteiger partial charge in [-0.3, -0.25) is 4.79 Å². The number of hydrogen-bond acceptors (Lipinski definition) is 4. The van der Waals surface area contributed by atoms with Crippen LogP contribution < -0.4 is 4.74 Å². The second-order valence-electron chi connectivity index (χ2n) is 5.92. The van der Waals surface area contributed by atoms with E-state index in [-0.39, 0.29) is 12.5 Å². The second-order valence-corrected chi connectivity index (χ2v) is 6.78. The zero-order valence-corrected chi connectivity index (χ0v) is 15.7. The summed E-state index contributed by atoms with van der Waals surface area (Å²) in [4.78, 5) is 18.3. The van der Waals surface area contributed by atoms with Gasteiger partial charge in [-0.25, -0.2) is 13.8 Å². The summed E-state index contributed by atoms with van der Waals surface area (Å²) in [6, 6.07) is 10.5. The fourth-order valence-corrected chi connectivity index (χ4v) is 3.28. The van der Waals surface area contributed by atoms with Crippen LogP contribution in [0.3, 0.4) is 0 Å². The summed E-state index contributed by atoms with van der Waals surface area (Å²) in [6.07, 6.45) is 0. The Morgan fingerprint density at radius 3 is 2.59 bits per heavy atom. The van der Waals surface area contributed by atoms with Crippen molar-refractivity contribution in [1.29, 1.82) is 0 Å². The van der Waals surface area contributed by atoms with Crippen LogP contribution in [0.2, 0.25) is 0 Å². The maximum Gasteiger partial charge on any atom is 0.273 e. The Morgan fingerprint density at radius 1 is 1.19 bits per heavy atom. The van der Waals surface area contributed by atoms with Crippen molar-refractivity contribution in [2.24, 2.45) is 0 Å². The highest BCUT2D eigenvalue weighted by Crippen LogP contribution is 2.33. The van der Waals surface area contributed by atoms with E-state index in [1.54, 1.807) is 29.5 Å². The minimum absolute atomic E-state index is 0.0153. The molecule has 0 fully saturated rings. The first kappa shape index (κ1) is 19.0. The van der Waals surface area contributed by atoms with Crippen molar-refractivity contribution >= 4 is 17.2 Å². The third kappa shape index (κ3) is 4.49. The van der Waals surface area contributed by atoms with Gasteiger partial charge in [-0.05, 0) is 36.8 Å². The highest BCUT2D eigenvalue weighted by Gasteiger charge is 2.17. The molecule has 0 aliphatic heterocycles. The molecule has 140 valence electrons. The van der Waals surface area contributed by atoms with Crippen molar-refractivity contribution in [1.82, 2.24) is 9.88 Å². The minimum atomic E-state index is -0.648. The van der Waals surface area contributed by atoms with Gasteiger partial charge in [0, 0.05) is 25.0 Å². The van der Waals surface area contributed by atoms with Crippen LogP contribution in [0, 0.1) is 11.6 Å². The number of ether oxygens (including phenoxy) is 1. The molecule has 0 aliphatic rings. The molecular weight excluding hydrogens is 370 g/mol. The number of thiazole rings is 1. The van der Waals surface area contributed by atoms with Crippen LogP contribution in [-0.4, -0.2) is 29.4 Å². The van der Waals surface area contributed by atoms with Crippen LogP contribution >= 0.6 is 11.3 Å². The molecule has 0 N–H and O–H groups in total. The molecule has 7 heteroatoms. The van der Waals surface area contributed by atoms with Crippen molar-refractivity contribution in [3.63, 3.8) is 0 Å². The third-order valence-corrected chi connectivity index (χ3v) is 4.85. The van der Waals surface area contributed by atoms with E-state index in [2.05, 4.69) is 4.98 Å². The normalized spacial score (nSPS) is 10.7. The van der Waals surface area contributed by atoms with Crippen LogP contribution in [0.25, 0.3) is 10.6 Å². The van der Waals surface area contributed by atoms with Crippen LogP contribution in [0.15, 0.2) is 47.8 Å².